The number of carbonyl (C=O) groups excluding carboxylic acids is 1. The zero-order valence-electron chi connectivity index (χ0n) is 12.8. The van der Waals surface area contributed by atoms with Crippen LogP contribution in [-0.2, 0) is 14.2 Å². The molecule has 1 aromatic heterocycles. The lowest BCUT2D eigenvalue weighted by Crippen LogP contribution is -2.48. The molecule has 0 radical (unpaired) electrons. The van der Waals surface area contributed by atoms with Crippen LogP contribution >= 0.6 is 11.3 Å². The molecule has 0 fully saturated rings. The van der Waals surface area contributed by atoms with Crippen molar-refractivity contribution in [1.29, 1.82) is 0 Å². The maximum Gasteiger partial charge on any atom is 0.478 e. The van der Waals surface area contributed by atoms with Crippen molar-refractivity contribution < 1.29 is 29.5 Å². The molecule has 0 aliphatic carbocycles. The van der Waals surface area contributed by atoms with Gasteiger partial charge in [-0.25, -0.2) is 0 Å². The highest BCUT2D eigenvalue weighted by atomic mass is 32.1. The largest absolute Gasteiger partial charge is 0.481 e. The minimum absolute atomic E-state index is 0.265. The molecule has 7 nitrogen and oxygen atoms in total. The van der Waals surface area contributed by atoms with Gasteiger partial charge in [0.25, 0.3) is 5.91 Å². The molecule has 4 N–H and O–H groups in total. The molecule has 2 rings (SSSR count). The molecule has 0 spiro atoms. The second-order valence-corrected chi connectivity index (χ2v) is 6.13. The van der Waals surface area contributed by atoms with E-state index in [0.717, 1.165) is 0 Å². The minimum atomic E-state index is -1.33. The van der Waals surface area contributed by atoms with E-state index < -0.39 is 31.0 Å². The molecule has 0 bridgehead atoms. The molecule has 24 heavy (non-hydrogen) atoms. The van der Waals surface area contributed by atoms with Crippen LogP contribution in [-0.4, -0.2) is 52.9 Å². The normalized spacial score (nSPS) is 21.4. The fraction of sp³-hybridized carbons (Fsp3) is 0.333. The predicted octanol–water partition coefficient (Wildman–Crippen LogP) is 0.448. The quantitative estimate of drug-likeness (QED) is 0.336. The molecule has 1 aromatic rings. The highest BCUT2D eigenvalue weighted by Gasteiger charge is 2.33. The van der Waals surface area contributed by atoms with Gasteiger partial charge in [-0.1, -0.05) is 18.2 Å². The summed E-state index contributed by atoms with van der Waals surface area (Å²) in [6.07, 6.45) is 3.93. The van der Waals surface area contributed by atoms with Gasteiger partial charge >= 0.3 is 13.1 Å². The first kappa shape index (κ1) is 18.4. The number of hydrogen-bond donors (Lipinski definition) is 4. The van der Waals surface area contributed by atoms with E-state index in [9.17, 15) is 14.6 Å². The Morgan fingerprint density at radius 1 is 1.50 bits per heavy atom. The van der Waals surface area contributed by atoms with Crippen molar-refractivity contribution in [1.82, 2.24) is 5.32 Å². The molecule has 0 aromatic carbocycles. The van der Waals surface area contributed by atoms with Crippen molar-refractivity contribution in [2.75, 3.05) is 6.61 Å². The van der Waals surface area contributed by atoms with Crippen molar-refractivity contribution in [2.24, 2.45) is 0 Å². The van der Waals surface area contributed by atoms with Crippen molar-refractivity contribution >= 4 is 35.9 Å². The second kappa shape index (κ2) is 8.79. The Balaban J connectivity index is 2.04. The van der Waals surface area contributed by atoms with Gasteiger partial charge in [0.05, 0.1) is 30.6 Å². The maximum absolute atomic E-state index is 12.4. The Morgan fingerprint density at radius 3 is 2.92 bits per heavy atom. The summed E-state index contributed by atoms with van der Waals surface area (Å²) in [5, 5.41) is 32.5. The van der Waals surface area contributed by atoms with Crippen LogP contribution in [0.2, 0.25) is 0 Å². The van der Waals surface area contributed by atoms with Crippen LogP contribution in [0.4, 0.5) is 0 Å². The van der Waals surface area contributed by atoms with Crippen LogP contribution in [0, 0.1) is 0 Å². The number of rotatable bonds is 6. The third-order valence-electron chi connectivity index (χ3n) is 3.42. The van der Waals surface area contributed by atoms with Crippen LogP contribution in [0.15, 0.2) is 35.7 Å². The average Bonchev–Trinajstić information content (AvgIpc) is 2.98. The van der Waals surface area contributed by atoms with Gasteiger partial charge in [-0.3, -0.25) is 9.59 Å². The molecule has 1 aliphatic rings. The second-order valence-electron chi connectivity index (χ2n) is 5.18. The van der Waals surface area contributed by atoms with Crippen LogP contribution in [0.1, 0.15) is 17.7 Å². The predicted molar refractivity (Wildman–Crippen MR) is 90.2 cm³/mol. The number of aliphatic hydroxyl groups excluding tert-OH is 1. The summed E-state index contributed by atoms with van der Waals surface area (Å²) in [5.74, 6) is -2.19. The number of amides is 1. The summed E-state index contributed by atoms with van der Waals surface area (Å²) >= 11 is 1.36. The molecule has 1 amide bonds. The lowest BCUT2D eigenvalue weighted by molar-refractivity contribution is -0.138. The van der Waals surface area contributed by atoms with Gasteiger partial charge in [-0.15, -0.1) is 11.3 Å². The number of nitrogens with one attached hydrogen (secondary N) is 1. The topological polar surface area (TPSA) is 116 Å². The number of carboxylic acid groups (broad SMARTS) is 1. The molecule has 2 heterocycles. The number of thiophene rings is 1. The van der Waals surface area contributed by atoms with Crippen molar-refractivity contribution in [2.45, 2.75) is 24.9 Å². The molecule has 9 heteroatoms. The van der Waals surface area contributed by atoms with E-state index in [2.05, 4.69) is 5.32 Å². The van der Waals surface area contributed by atoms with E-state index >= 15 is 0 Å². The summed E-state index contributed by atoms with van der Waals surface area (Å²) in [4.78, 5) is 23.9. The van der Waals surface area contributed by atoms with Gasteiger partial charge in [-0.2, -0.15) is 0 Å². The third-order valence-corrected chi connectivity index (χ3v) is 4.32. The van der Waals surface area contributed by atoms with Gasteiger partial charge in [0.15, 0.2) is 0 Å². The van der Waals surface area contributed by atoms with Crippen LogP contribution in [0.5, 0.6) is 0 Å². The van der Waals surface area contributed by atoms with Gasteiger partial charge in [0.2, 0.25) is 0 Å². The lowest BCUT2D eigenvalue weighted by Gasteiger charge is -2.20. The van der Waals surface area contributed by atoms with Crippen molar-refractivity contribution in [3.63, 3.8) is 0 Å². The molecule has 128 valence electrons. The summed E-state index contributed by atoms with van der Waals surface area (Å²) in [6, 6.07) is 3.55. The maximum atomic E-state index is 12.4. The number of carboxylic acids is 1. The van der Waals surface area contributed by atoms with Gasteiger partial charge in [0, 0.05) is 4.88 Å². The highest BCUT2D eigenvalue weighted by molar-refractivity contribution is 7.11. The van der Waals surface area contributed by atoms with E-state index in [1.165, 1.54) is 17.4 Å². The van der Waals surface area contributed by atoms with E-state index in [-0.39, 0.29) is 13.0 Å². The Hall–Kier alpha value is -1.94. The summed E-state index contributed by atoms with van der Waals surface area (Å²) in [6.45, 7) is -0.287. The molecular weight excluding hydrogens is 333 g/mol. The summed E-state index contributed by atoms with van der Waals surface area (Å²) < 4.78 is 5.27. The first-order valence-corrected chi connectivity index (χ1v) is 8.27. The number of hydrogen-bond acceptors (Lipinski definition) is 6. The Labute approximate surface area is 143 Å². The van der Waals surface area contributed by atoms with E-state index in [1.54, 1.807) is 24.3 Å². The van der Waals surface area contributed by atoms with E-state index in [1.807, 2.05) is 5.38 Å². The molecule has 1 aliphatic heterocycles. The highest BCUT2D eigenvalue weighted by Crippen LogP contribution is 2.21. The van der Waals surface area contributed by atoms with Crippen LogP contribution < -0.4 is 5.32 Å². The smallest absolute Gasteiger partial charge is 0.478 e. The molecule has 0 saturated carbocycles. The van der Waals surface area contributed by atoms with Crippen LogP contribution in [0.3, 0.4) is 0 Å². The van der Waals surface area contributed by atoms with Gasteiger partial charge < -0.3 is 25.2 Å². The standard InChI is InChI=1S/C15H18BNO6S/c18-7-6-11(12-4-2-8-24-12)15(21)17-13-5-1-3-10(9-14(19)20)23-16(13)22/h1-4,6,8,10,13,18,22H,5,7,9H2,(H,17,21)(H,19,20)/t10-,13+/m1/s1. The first-order valence-electron chi connectivity index (χ1n) is 7.39. The number of aliphatic carboxylic acids is 1. The lowest BCUT2D eigenvalue weighted by atomic mass is 9.77. The van der Waals surface area contributed by atoms with Crippen molar-refractivity contribution in [3.8, 4) is 0 Å². The van der Waals surface area contributed by atoms with E-state index in [4.69, 9.17) is 14.9 Å². The van der Waals surface area contributed by atoms with Crippen LogP contribution in [0.25, 0.3) is 5.57 Å². The number of aliphatic hydroxyl groups is 1. The Morgan fingerprint density at radius 2 is 2.29 bits per heavy atom. The first-order chi connectivity index (χ1) is 11.5. The Kier molecular flexibility index (Phi) is 6.74. The molecule has 0 saturated heterocycles. The fourth-order valence-corrected chi connectivity index (χ4v) is 3.07. The zero-order chi connectivity index (χ0) is 17.5. The monoisotopic (exact) mass is 351 g/mol. The SMILES string of the molecule is O=C(O)C[C@H]1C=CC[C@H](NC(=O)C(=CCO)c2cccs2)B(O)O1. The van der Waals surface area contributed by atoms with E-state index in [0.29, 0.717) is 16.9 Å². The van der Waals surface area contributed by atoms with Gasteiger partial charge in [0.1, 0.15) is 0 Å². The third kappa shape index (κ3) is 5.03. The molecular formula is C15H18BNO6S. The van der Waals surface area contributed by atoms with Gasteiger partial charge in [-0.05, 0) is 23.9 Å². The number of carbonyl (C=O) groups is 2. The van der Waals surface area contributed by atoms with Crippen molar-refractivity contribution in [3.05, 3.63) is 40.6 Å². The summed E-state index contributed by atoms with van der Waals surface area (Å²) in [5.41, 5.74) is 0.315. The fourth-order valence-electron chi connectivity index (χ4n) is 2.31. The minimum Gasteiger partial charge on any atom is -0.481 e. The molecule has 2 atom stereocenters. The Bertz CT molecular complexity index is 630. The molecule has 0 unspecified atom stereocenters. The zero-order valence-corrected chi connectivity index (χ0v) is 13.6. The summed E-state index contributed by atoms with van der Waals surface area (Å²) in [7, 11) is -1.33. The average molecular weight is 351 g/mol.